The molecule has 2 N–H and O–H groups in total. The zero-order chi connectivity index (χ0) is 12.7. The van der Waals surface area contributed by atoms with Gasteiger partial charge in [-0.25, -0.2) is 0 Å². The van der Waals surface area contributed by atoms with Crippen LogP contribution in [0.2, 0.25) is 0 Å². The standard InChI is InChI=1S/C10H9N.C3H7N3/c1-8-4-5-10-9(7-8)3-2-6-11-10;1-3(4)6-5-2/h2-7H,1H3;2H2,1H3,(H2,4,6). The molecule has 0 amide bonds. The summed E-state index contributed by atoms with van der Waals surface area (Å²) in [6, 6.07) is 10.3. The number of aromatic nitrogens is 1. The first kappa shape index (κ1) is 12.8. The van der Waals surface area contributed by atoms with E-state index in [1.807, 2.05) is 18.3 Å². The number of nitrogens with two attached hydrogens (primary N) is 1. The molecule has 1 heterocycles. The summed E-state index contributed by atoms with van der Waals surface area (Å²) in [5, 5.41) is 7.70. The van der Waals surface area contributed by atoms with Crippen molar-refractivity contribution in [2.75, 3.05) is 0 Å². The lowest BCUT2D eigenvalue weighted by Gasteiger charge is -1.95. The summed E-state index contributed by atoms with van der Waals surface area (Å²) in [7, 11) is 0. The second kappa shape index (κ2) is 6.37. The first-order chi connectivity index (χ1) is 8.13. The van der Waals surface area contributed by atoms with Gasteiger partial charge in [-0.1, -0.05) is 17.7 Å². The van der Waals surface area contributed by atoms with Crippen LogP contribution < -0.4 is 5.73 Å². The molecular formula is C13H16N4. The van der Waals surface area contributed by atoms with Crippen LogP contribution in [0.4, 0.5) is 0 Å². The van der Waals surface area contributed by atoms with Gasteiger partial charge in [0.25, 0.3) is 0 Å². The van der Waals surface area contributed by atoms with E-state index < -0.39 is 0 Å². The van der Waals surface area contributed by atoms with Gasteiger partial charge in [0, 0.05) is 18.3 Å². The van der Waals surface area contributed by atoms with Crippen LogP contribution in [-0.2, 0) is 0 Å². The zero-order valence-corrected chi connectivity index (χ0v) is 10.1. The van der Waals surface area contributed by atoms with Gasteiger partial charge in [0.15, 0.2) is 0 Å². The molecule has 2 aromatic rings. The van der Waals surface area contributed by atoms with Gasteiger partial charge in [-0.2, -0.15) is 5.10 Å². The molecule has 0 spiro atoms. The molecule has 1 aromatic carbocycles. The van der Waals surface area contributed by atoms with Crippen molar-refractivity contribution in [1.82, 2.24) is 4.98 Å². The van der Waals surface area contributed by atoms with E-state index in [0.29, 0.717) is 5.84 Å². The van der Waals surface area contributed by atoms with Crippen LogP contribution in [0.1, 0.15) is 12.5 Å². The highest BCUT2D eigenvalue weighted by Gasteiger charge is 1.90. The maximum Gasteiger partial charge on any atom is 0.119 e. The number of aryl methyl sites for hydroxylation is 1. The van der Waals surface area contributed by atoms with E-state index in [1.165, 1.54) is 10.9 Å². The van der Waals surface area contributed by atoms with E-state index >= 15 is 0 Å². The predicted octanol–water partition coefficient (Wildman–Crippen LogP) is 2.52. The highest BCUT2D eigenvalue weighted by atomic mass is 15.2. The number of nitrogens with zero attached hydrogens (tertiary/aromatic N) is 3. The predicted molar refractivity (Wildman–Crippen MR) is 73.3 cm³/mol. The Bertz CT molecular complexity index is 528. The Balaban J connectivity index is 0.000000209. The van der Waals surface area contributed by atoms with Crippen molar-refractivity contribution in [3.63, 3.8) is 0 Å². The number of benzene rings is 1. The molecule has 4 nitrogen and oxygen atoms in total. The molecule has 0 aliphatic carbocycles. The van der Waals surface area contributed by atoms with Gasteiger partial charge in [0.2, 0.25) is 0 Å². The third kappa shape index (κ3) is 4.42. The smallest absolute Gasteiger partial charge is 0.119 e. The van der Waals surface area contributed by atoms with E-state index in [1.54, 1.807) is 6.92 Å². The van der Waals surface area contributed by atoms with Crippen molar-refractivity contribution in [3.05, 3.63) is 42.1 Å². The van der Waals surface area contributed by atoms with Gasteiger partial charge in [-0.3, -0.25) is 4.98 Å². The number of hydrogen-bond donors (Lipinski definition) is 1. The van der Waals surface area contributed by atoms with Crippen molar-refractivity contribution in [2.45, 2.75) is 13.8 Å². The molecule has 0 saturated carbocycles. The quantitative estimate of drug-likeness (QED) is 0.463. The molecule has 2 rings (SSSR count). The summed E-state index contributed by atoms with van der Waals surface area (Å²) in [5.41, 5.74) is 7.37. The molecule has 1 aromatic heterocycles. The number of fused-ring (bicyclic) bond motifs is 1. The lowest BCUT2D eigenvalue weighted by molar-refractivity contribution is 1.24. The fourth-order valence-corrected chi connectivity index (χ4v) is 1.31. The van der Waals surface area contributed by atoms with Crippen LogP contribution in [0.5, 0.6) is 0 Å². The van der Waals surface area contributed by atoms with Crippen molar-refractivity contribution in [2.24, 2.45) is 15.9 Å². The molecule has 0 radical (unpaired) electrons. The molecule has 0 unspecified atom stereocenters. The molecule has 88 valence electrons. The second-order valence-corrected chi connectivity index (χ2v) is 3.58. The molecule has 0 saturated heterocycles. The van der Waals surface area contributed by atoms with Gasteiger partial charge in [0.1, 0.15) is 5.84 Å². The first-order valence-electron chi connectivity index (χ1n) is 5.20. The van der Waals surface area contributed by atoms with E-state index in [0.717, 1.165) is 5.52 Å². The highest BCUT2D eigenvalue weighted by molar-refractivity contribution is 5.78. The fourth-order valence-electron chi connectivity index (χ4n) is 1.31. The average Bonchev–Trinajstić information content (AvgIpc) is 2.29. The zero-order valence-electron chi connectivity index (χ0n) is 10.1. The Morgan fingerprint density at radius 3 is 2.71 bits per heavy atom. The van der Waals surface area contributed by atoms with E-state index in [4.69, 9.17) is 5.73 Å². The van der Waals surface area contributed by atoms with Gasteiger partial charge >= 0.3 is 0 Å². The summed E-state index contributed by atoms with van der Waals surface area (Å²) in [6.45, 7) is 6.82. The van der Waals surface area contributed by atoms with Gasteiger partial charge in [0.05, 0.1) is 5.52 Å². The van der Waals surface area contributed by atoms with Gasteiger partial charge in [-0.15, -0.1) is 5.10 Å². The Morgan fingerprint density at radius 1 is 1.35 bits per heavy atom. The Labute approximate surface area is 101 Å². The maximum absolute atomic E-state index is 5.02. The SMILES string of the molecule is C=N/N=C(/C)N.Cc1ccc2ncccc2c1. The van der Waals surface area contributed by atoms with E-state index in [9.17, 15) is 0 Å². The van der Waals surface area contributed by atoms with Gasteiger partial charge in [-0.05, 0) is 32.0 Å². The minimum absolute atomic E-state index is 0.435. The number of hydrogen-bond acceptors (Lipinski definition) is 3. The summed E-state index contributed by atoms with van der Waals surface area (Å²) in [4.78, 5) is 4.22. The van der Waals surface area contributed by atoms with Crippen LogP contribution in [0.3, 0.4) is 0 Å². The van der Waals surface area contributed by atoms with Crippen LogP contribution in [0.15, 0.2) is 46.7 Å². The van der Waals surface area contributed by atoms with Crippen molar-refractivity contribution >= 4 is 23.5 Å². The van der Waals surface area contributed by atoms with Crippen molar-refractivity contribution < 1.29 is 0 Å². The third-order valence-electron chi connectivity index (χ3n) is 1.99. The van der Waals surface area contributed by atoms with Crippen molar-refractivity contribution in [1.29, 1.82) is 0 Å². The monoisotopic (exact) mass is 228 g/mol. The Morgan fingerprint density at radius 2 is 2.12 bits per heavy atom. The largest absolute Gasteiger partial charge is 0.386 e. The number of rotatable bonds is 1. The summed E-state index contributed by atoms with van der Waals surface area (Å²) in [5.74, 6) is 0.435. The van der Waals surface area contributed by atoms with Crippen LogP contribution in [0, 0.1) is 6.92 Å². The van der Waals surface area contributed by atoms with Crippen LogP contribution >= 0.6 is 0 Å². The molecule has 4 heteroatoms. The topological polar surface area (TPSA) is 63.6 Å². The average molecular weight is 228 g/mol. The van der Waals surface area contributed by atoms with Crippen LogP contribution in [0.25, 0.3) is 10.9 Å². The molecule has 0 atom stereocenters. The minimum atomic E-state index is 0.435. The lowest BCUT2D eigenvalue weighted by Crippen LogP contribution is -2.03. The molecule has 17 heavy (non-hydrogen) atoms. The number of pyridine rings is 1. The fraction of sp³-hybridized carbons (Fsp3) is 0.154. The summed E-state index contributed by atoms with van der Waals surface area (Å²) in [6.07, 6.45) is 1.82. The molecule has 0 bridgehead atoms. The number of amidine groups is 1. The highest BCUT2D eigenvalue weighted by Crippen LogP contribution is 2.11. The lowest BCUT2D eigenvalue weighted by atomic mass is 10.1. The van der Waals surface area contributed by atoms with Gasteiger partial charge < -0.3 is 5.73 Å². The Kier molecular flexibility index (Phi) is 4.81. The first-order valence-corrected chi connectivity index (χ1v) is 5.20. The van der Waals surface area contributed by atoms with Crippen molar-refractivity contribution in [3.8, 4) is 0 Å². The molecule has 0 aliphatic heterocycles. The van der Waals surface area contributed by atoms with E-state index in [2.05, 4.69) is 47.0 Å². The molecule has 0 aliphatic rings. The van der Waals surface area contributed by atoms with E-state index in [-0.39, 0.29) is 0 Å². The maximum atomic E-state index is 5.02. The molecule has 0 fully saturated rings. The summed E-state index contributed by atoms with van der Waals surface area (Å²) < 4.78 is 0. The normalized spacial score (nSPS) is 10.6. The van der Waals surface area contributed by atoms with Crippen LogP contribution in [-0.4, -0.2) is 17.5 Å². The summed E-state index contributed by atoms with van der Waals surface area (Å²) >= 11 is 0. The second-order valence-electron chi connectivity index (χ2n) is 3.58. The Hall–Kier alpha value is -2.23. The third-order valence-corrected chi connectivity index (χ3v) is 1.99. The molecular weight excluding hydrogens is 212 g/mol. The minimum Gasteiger partial charge on any atom is -0.386 e.